The molecule has 0 atom stereocenters. The van der Waals surface area contributed by atoms with Crippen molar-refractivity contribution >= 4 is 0 Å². The first-order valence-corrected chi connectivity index (χ1v) is 4.93. The van der Waals surface area contributed by atoms with Crippen LogP contribution in [0, 0.1) is 28.6 Å². The molecule has 1 aliphatic carbocycles. The van der Waals surface area contributed by atoms with E-state index in [2.05, 4.69) is 26.8 Å². The highest BCUT2D eigenvalue weighted by Gasteiger charge is 2.29. The van der Waals surface area contributed by atoms with Gasteiger partial charge in [0.1, 0.15) is 0 Å². The zero-order chi connectivity index (χ0) is 9.19. The molecule has 1 saturated carbocycles. The molecule has 12 heavy (non-hydrogen) atoms. The molecule has 0 N–H and O–H groups in total. The van der Waals surface area contributed by atoms with Crippen LogP contribution in [0.15, 0.2) is 0 Å². The van der Waals surface area contributed by atoms with Crippen LogP contribution < -0.4 is 0 Å². The largest absolute Gasteiger partial charge is 0.198 e. The lowest BCUT2D eigenvalue weighted by molar-refractivity contribution is 0.164. The highest BCUT2D eigenvalue weighted by molar-refractivity contribution is 4.89. The highest BCUT2D eigenvalue weighted by atomic mass is 14.4. The van der Waals surface area contributed by atoms with Crippen LogP contribution in [0.5, 0.6) is 0 Å². The fraction of sp³-hybridized carbons (Fsp3) is 0.909. The van der Waals surface area contributed by atoms with Gasteiger partial charge >= 0.3 is 0 Å². The van der Waals surface area contributed by atoms with Crippen molar-refractivity contribution in [3.05, 3.63) is 0 Å². The summed E-state index contributed by atoms with van der Waals surface area (Å²) in [7, 11) is 0. The third kappa shape index (κ3) is 2.24. The lowest BCUT2D eigenvalue weighted by Crippen LogP contribution is -2.25. The Bertz CT molecular complexity index is 174. The monoisotopic (exact) mass is 165 g/mol. The van der Waals surface area contributed by atoms with Gasteiger partial charge in [-0.1, -0.05) is 20.8 Å². The Hall–Kier alpha value is -0.510. The van der Waals surface area contributed by atoms with Crippen molar-refractivity contribution in [2.75, 3.05) is 0 Å². The average Bonchev–Trinajstić information content (AvgIpc) is 2.03. The summed E-state index contributed by atoms with van der Waals surface area (Å²) >= 11 is 0. The molecule has 68 valence electrons. The van der Waals surface area contributed by atoms with E-state index in [-0.39, 0.29) is 0 Å². The van der Waals surface area contributed by atoms with Crippen LogP contribution in [0.1, 0.15) is 46.5 Å². The fourth-order valence-corrected chi connectivity index (χ4v) is 2.09. The summed E-state index contributed by atoms with van der Waals surface area (Å²) in [6.45, 7) is 6.93. The maximum absolute atomic E-state index is 8.73. The number of hydrogen-bond acceptors (Lipinski definition) is 1. The second kappa shape index (κ2) is 3.47. The third-order valence-corrected chi connectivity index (χ3v) is 3.13. The van der Waals surface area contributed by atoms with Gasteiger partial charge in [0.05, 0.1) is 6.07 Å². The van der Waals surface area contributed by atoms with Gasteiger partial charge in [0.25, 0.3) is 0 Å². The summed E-state index contributed by atoms with van der Waals surface area (Å²) in [5.74, 6) is 1.19. The molecule has 0 aromatic carbocycles. The second-order valence-corrected chi connectivity index (χ2v) is 5.04. The van der Waals surface area contributed by atoms with Gasteiger partial charge in [-0.15, -0.1) is 0 Å². The summed E-state index contributed by atoms with van der Waals surface area (Å²) in [5.41, 5.74) is 0.445. The van der Waals surface area contributed by atoms with Crippen molar-refractivity contribution in [2.24, 2.45) is 17.3 Å². The molecule has 0 heterocycles. The molecule has 0 radical (unpaired) electrons. The molecule has 1 heteroatoms. The zero-order valence-corrected chi connectivity index (χ0v) is 8.43. The van der Waals surface area contributed by atoms with Crippen molar-refractivity contribution in [1.82, 2.24) is 0 Å². The Kier molecular flexibility index (Phi) is 2.77. The van der Waals surface area contributed by atoms with Gasteiger partial charge in [0, 0.05) is 5.92 Å². The quantitative estimate of drug-likeness (QED) is 0.540. The first-order chi connectivity index (χ1) is 5.54. The Morgan fingerprint density at radius 3 is 1.92 bits per heavy atom. The zero-order valence-electron chi connectivity index (χ0n) is 8.43. The normalized spacial score (nSPS) is 31.2. The van der Waals surface area contributed by atoms with Crippen molar-refractivity contribution < 1.29 is 0 Å². The predicted molar refractivity (Wildman–Crippen MR) is 50.5 cm³/mol. The standard InChI is InChI=1S/C11H19N/c1-11(2,3)10-6-4-9(8-12)5-7-10/h9-10H,4-7H2,1-3H3/t9-,10+. The van der Waals surface area contributed by atoms with E-state index >= 15 is 0 Å². The number of hydrogen-bond donors (Lipinski definition) is 0. The minimum atomic E-state index is 0.351. The van der Waals surface area contributed by atoms with Gasteiger partial charge in [0.15, 0.2) is 0 Å². The van der Waals surface area contributed by atoms with Gasteiger partial charge in [-0.25, -0.2) is 0 Å². The van der Waals surface area contributed by atoms with E-state index in [4.69, 9.17) is 5.26 Å². The number of nitrogens with zero attached hydrogens (tertiary/aromatic N) is 1. The number of nitriles is 1. The molecule has 0 spiro atoms. The molecule has 1 nitrogen and oxygen atoms in total. The molecule has 0 bridgehead atoms. The van der Waals surface area contributed by atoms with Crippen LogP contribution in [-0.4, -0.2) is 0 Å². The Balaban J connectivity index is 2.42. The summed E-state index contributed by atoms with van der Waals surface area (Å²) in [6.07, 6.45) is 4.75. The van der Waals surface area contributed by atoms with E-state index in [1.165, 1.54) is 12.8 Å². The molecule has 0 aliphatic heterocycles. The fourth-order valence-electron chi connectivity index (χ4n) is 2.09. The highest BCUT2D eigenvalue weighted by Crippen LogP contribution is 2.39. The van der Waals surface area contributed by atoms with E-state index in [9.17, 15) is 0 Å². The van der Waals surface area contributed by atoms with E-state index in [0.717, 1.165) is 18.8 Å². The summed E-state index contributed by atoms with van der Waals surface area (Å²) in [5, 5.41) is 8.73. The van der Waals surface area contributed by atoms with E-state index in [1.54, 1.807) is 0 Å². The summed E-state index contributed by atoms with van der Waals surface area (Å²) in [4.78, 5) is 0. The smallest absolute Gasteiger partial charge is 0.0655 e. The Labute approximate surface area is 75.8 Å². The summed E-state index contributed by atoms with van der Waals surface area (Å²) < 4.78 is 0. The minimum Gasteiger partial charge on any atom is -0.198 e. The van der Waals surface area contributed by atoms with E-state index < -0.39 is 0 Å². The molecule has 0 aromatic heterocycles. The number of rotatable bonds is 0. The molecule has 0 saturated heterocycles. The van der Waals surface area contributed by atoms with Crippen LogP contribution in [-0.2, 0) is 0 Å². The van der Waals surface area contributed by atoms with Crippen LogP contribution in [0.3, 0.4) is 0 Å². The Morgan fingerprint density at radius 1 is 1.08 bits per heavy atom. The van der Waals surface area contributed by atoms with Crippen molar-refractivity contribution in [3.8, 4) is 6.07 Å². The summed E-state index contributed by atoms with van der Waals surface area (Å²) in [6, 6.07) is 2.38. The van der Waals surface area contributed by atoms with Gasteiger partial charge in [0.2, 0.25) is 0 Å². The van der Waals surface area contributed by atoms with Crippen LogP contribution in [0.2, 0.25) is 0 Å². The topological polar surface area (TPSA) is 23.8 Å². The van der Waals surface area contributed by atoms with Gasteiger partial charge in [-0.3, -0.25) is 0 Å². The molecule has 1 aliphatic rings. The first-order valence-electron chi connectivity index (χ1n) is 4.93. The maximum Gasteiger partial charge on any atom is 0.0655 e. The van der Waals surface area contributed by atoms with Crippen LogP contribution in [0.25, 0.3) is 0 Å². The lowest BCUT2D eigenvalue weighted by atomic mass is 9.70. The van der Waals surface area contributed by atoms with Crippen molar-refractivity contribution in [3.63, 3.8) is 0 Å². The molecule has 0 unspecified atom stereocenters. The predicted octanol–water partition coefficient (Wildman–Crippen LogP) is 3.36. The van der Waals surface area contributed by atoms with E-state index in [1.807, 2.05) is 0 Å². The molecule has 0 amide bonds. The lowest BCUT2D eigenvalue weighted by Gasteiger charge is -2.35. The third-order valence-electron chi connectivity index (χ3n) is 3.13. The average molecular weight is 165 g/mol. The molecule has 1 rings (SSSR count). The maximum atomic E-state index is 8.73. The van der Waals surface area contributed by atoms with Crippen LogP contribution in [0.4, 0.5) is 0 Å². The molecular formula is C11H19N. The Morgan fingerprint density at radius 2 is 1.58 bits per heavy atom. The first kappa shape index (κ1) is 9.58. The second-order valence-electron chi connectivity index (χ2n) is 5.04. The van der Waals surface area contributed by atoms with Crippen molar-refractivity contribution in [2.45, 2.75) is 46.5 Å². The molecule has 0 aromatic rings. The molecule has 1 fully saturated rings. The molecular weight excluding hydrogens is 146 g/mol. The van der Waals surface area contributed by atoms with Crippen LogP contribution >= 0.6 is 0 Å². The van der Waals surface area contributed by atoms with E-state index in [0.29, 0.717) is 11.3 Å². The SMILES string of the molecule is CC(C)(C)[C@H]1CC[C@@H](C#N)CC1. The van der Waals surface area contributed by atoms with Gasteiger partial charge in [-0.05, 0) is 37.0 Å². The van der Waals surface area contributed by atoms with Gasteiger partial charge in [-0.2, -0.15) is 5.26 Å². The minimum absolute atomic E-state index is 0.351. The van der Waals surface area contributed by atoms with Crippen molar-refractivity contribution in [1.29, 1.82) is 5.26 Å². The van der Waals surface area contributed by atoms with Gasteiger partial charge < -0.3 is 0 Å².